The SMILES string of the molecule is CC1(C)c2ccccc2-c2cc(-c3cccc(N(c4ccc(-c5ccccc5)cc4)c4ccc(-c5ccccc5)cc4)c3)cc(-c3ccc(N(c4ccc(-c5ccccc5)cc4)c4ccc(-c5ccccc5)cc4)cc3)c21. The molecule has 2 heteroatoms. The quantitative estimate of drug-likeness (QED) is 0.120. The molecule has 1 aliphatic rings. The molecule has 0 N–H and O–H groups in total. The van der Waals surface area contributed by atoms with Crippen LogP contribution in [0.5, 0.6) is 0 Å². The van der Waals surface area contributed by atoms with Gasteiger partial charge in [0.05, 0.1) is 0 Å². The molecule has 0 fully saturated rings. The summed E-state index contributed by atoms with van der Waals surface area (Å²) in [6.45, 7) is 4.78. The predicted molar refractivity (Wildman–Crippen MR) is 326 cm³/mol. The van der Waals surface area contributed by atoms with Crippen molar-refractivity contribution in [1.82, 2.24) is 0 Å². The summed E-state index contributed by atoms with van der Waals surface area (Å²) < 4.78 is 0. The van der Waals surface area contributed by atoms with Crippen molar-refractivity contribution in [1.29, 1.82) is 0 Å². The Balaban J connectivity index is 0.912. The molecule has 0 bridgehead atoms. The van der Waals surface area contributed by atoms with E-state index in [-0.39, 0.29) is 5.41 Å². The van der Waals surface area contributed by atoms with Gasteiger partial charge in [-0.1, -0.05) is 232 Å². The van der Waals surface area contributed by atoms with E-state index >= 15 is 0 Å². The van der Waals surface area contributed by atoms with Crippen molar-refractivity contribution in [3.63, 3.8) is 0 Å². The second kappa shape index (κ2) is 20.2. The van der Waals surface area contributed by atoms with E-state index in [0.29, 0.717) is 0 Å². The lowest BCUT2D eigenvalue weighted by Crippen LogP contribution is -2.16. The smallest absolute Gasteiger partial charge is 0.0467 e. The molecule has 0 unspecified atom stereocenters. The zero-order chi connectivity index (χ0) is 51.7. The first-order valence-corrected chi connectivity index (χ1v) is 26.6. The van der Waals surface area contributed by atoms with Crippen LogP contribution in [0.15, 0.2) is 303 Å². The Kier molecular flexibility index (Phi) is 12.3. The number of hydrogen-bond donors (Lipinski definition) is 0. The normalized spacial score (nSPS) is 12.1. The van der Waals surface area contributed by atoms with E-state index in [1.165, 1.54) is 83.5 Å². The first-order chi connectivity index (χ1) is 37.9. The van der Waals surface area contributed by atoms with Crippen molar-refractivity contribution >= 4 is 34.1 Å². The largest absolute Gasteiger partial charge is 0.311 e. The number of fused-ring (bicyclic) bond motifs is 3. The van der Waals surface area contributed by atoms with Crippen LogP contribution in [0.25, 0.3) is 77.9 Å². The Hall–Kier alpha value is -9.76. The van der Waals surface area contributed by atoms with E-state index < -0.39 is 0 Å². The monoisotopic (exact) mass is 984 g/mol. The van der Waals surface area contributed by atoms with Gasteiger partial charge in [0.15, 0.2) is 0 Å². The fourth-order valence-electron chi connectivity index (χ4n) is 11.6. The Labute approximate surface area is 453 Å². The summed E-state index contributed by atoms with van der Waals surface area (Å²) in [6.07, 6.45) is 0. The minimum absolute atomic E-state index is 0.220. The first kappa shape index (κ1) is 47.0. The predicted octanol–water partition coefficient (Wildman–Crippen LogP) is 20.9. The fraction of sp³-hybridized carbons (Fsp3) is 0.0400. The van der Waals surface area contributed by atoms with Crippen LogP contribution in [-0.2, 0) is 5.41 Å². The molecule has 0 heterocycles. The third kappa shape index (κ3) is 9.11. The standard InChI is InChI=1S/C75H56N2/c1-75(2)73-29-16-15-28-70(73)72-52-63(62-26-17-27-69(50-62)77(67-44-34-59(35-45-67)55-22-11-5-12-23-55)68-46-36-60(37-47-68)56-24-13-6-14-25-56)51-71(74(72)75)61-38-48-66(49-39-61)76(64-40-30-57(31-41-64)53-18-7-3-8-19-53)65-42-32-58(33-43-65)54-20-9-4-10-21-54/h3-52H,1-2H3. The van der Waals surface area contributed by atoms with Gasteiger partial charge in [0, 0.05) is 39.5 Å². The van der Waals surface area contributed by atoms with Crippen molar-refractivity contribution in [2.75, 3.05) is 9.80 Å². The molecule has 13 rings (SSSR count). The Bertz CT molecular complexity index is 3810. The van der Waals surface area contributed by atoms with E-state index in [1.54, 1.807) is 0 Å². The maximum atomic E-state index is 2.44. The average molecular weight is 985 g/mol. The topological polar surface area (TPSA) is 6.48 Å². The van der Waals surface area contributed by atoms with Gasteiger partial charge >= 0.3 is 0 Å². The molecule has 77 heavy (non-hydrogen) atoms. The number of anilines is 6. The molecule has 0 saturated carbocycles. The van der Waals surface area contributed by atoms with Gasteiger partial charge in [-0.05, 0) is 174 Å². The molecule has 2 nitrogen and oxygen atoms in total. The highest BCUT2D eigenvalue weighted by Gasteiger charge is 2.38. The van der Waals surface area contributed by atoms with Crippen LogP contribution in [0.1, 0.15) is 25.0 Å². The highest BCUT2D eigenvalue weighted by atomic mass is 15.1. The molecule has 0 amide bonds. The van der Waals surface area contributed by atoms with E-state index in [0.717, 1.165) is 39.7 Å². The minimum Gasteiger partial charge on any atom is -0.311 e. The zero-order valence-corrected chi connectivity index (χ0v) is 43.3. The zero-order valence-electron chi connectivity index (χ0n) is 43.3. The molecule has 0 spiro atoms. The van der Waals surface area contributed by atoms with Crippen molar-refractivity contribution in [2.24, 2.45) is 0 Å². The molecule has 1 aliphatic carbocycles. The summed E-state index contributed by atoms with van der Waals surface area (Å²) in [7, 11) is 0. The molecule has 0 aromatic heterocycles. The average Bonchev–Trinajstić information content (AvgIpc) is 3.83. The highest BCUT2D eigenvalue weighted by Crippen LogP contribution is 2.54. The summed E-state index contributed by atoms with van der Waals surface area (Å²) in [5, 5.41) is 0. The van der Waals surface area contributed by atoms with Gasteiger partial charge in [-0.3, -0.25) is 0 Å². The molecule has 0 atom stereocenters. The van der Waals surface area contributed by atoms with Gasteiger partial charge in [0.25, 0.3) is 0 Å². The second-order valence-corrected chi connectivity index (χ2v) is 20.5. The van der Waals surface area contributed by atoms with Crippen molar-refractivity contribution in [2.45, 2.75) is 19.3 Å². The Morgan fingerprint density at radius 1 is 0.208 bits per heavy atom. The lowest BCUT2D eigenvalue weighted by atomic mass is 9.78. The molecule has 0 radical (unpaired) electrons. The van der Waals surface area contributed by atoms with E-state index in [1.807, 2.05) is 0 Å². The maximum absolute atomic E-state index is 2.44. The van der Waals surface area contributed by atoms with Gasteiger partial charge < -0.3 is 9.80 Å². The third-order valence-corrected chi connectivity index (χ3v) is 15.5. The highest BCUT2D eigenvalue weighted by molar-refractivity contribution is 5.94. The molecular formula is C75H56N2. The van der Waals surface area contributed by atoms with Crippen molar-refractivity contribution < 1.29 is 0 Å². The summed E-state index contributed by atoms with van der Waals surface area (Å²) in [6, 6.07) is 110. The fourth-order valence-corrected chi connectivity index (χ4v) is 11.6. The summed E-state index contributed by atoms with van der Waals surface area (Å²) >= 11 is 0. The molecular weight excluding hydrogens is 929 g/mol. The maximum Gasteiger partial charge on any atom is 0.0467 e. The van der Waals surface area contributed by atoms with Gasteiger partial charge in [0.2, 0.25) is 0 Å². The first-order valence-electron chi connectivity index (χ1n) is 26.6. The Morgan fingerprint density at radius 3 is 0.922 bits per heavy atom. The third-order valence-electron chi connectivity index (χ3n) is 15.5. The number of benzene rings is 12. The van der Waals surface area contributed by atoms with E-state index in [4.69, 9.17) is 0 Å². The van der Waals surface area contributed by atoms with Crippen LogP contribution in [0.2, 0.25) is 0 Å². The Morgan fingerprint density at radius 2 is 0.519 bits per heavy atom. The molecule has 12 aromatic rings. The van der Waals surface area contributed by atoms with Crippen LogP contribution in [0.4, 0.5) is 34.1 Å². The van der Waals surface area contributed by atoms with Gasteiger partial charge in [-0.2, -0.15) is 0 Å². The van der Waals surface area contributed by atoms with Gasteiger partial charge in [0.1, 0.15) is 0 Å². The van der Waals surface area contributed by atoms with Crippen molar-refractivity contribution in [3.8, 4) is 77.9 Å². The molecule has 366 valence electrons. The lowest BCUT2D eigenvalue weighted by molar-refractivity contribution is 0.662. The summed E-state index contributed by atoms with van der Waals surface area (Å²) in [4.78, 5) is 4.75. The van der Waals surface area contributed by atoms with Crippen LogP contribution in [0.3, 0.4) is 0 Å². The number of nitrogens with zero attached hydrogens (tertiary/aromatic N) is 2. The van der Waals surface area contributed by atoms with Gasteiger partial charge in [-0.25, -0.2) is 0 Å². The molecule has 12 aromatic carbocycles. The lowest BCUT2D eigenvalue weighted by Gasteiger charge is -2.28. The van der Waals surface area contributed by atoms with Crippen LogP contribution in [0, 0.1) is 0 Å². The van der Waals surface area contributed by atoms with E-state index in [9.17, 15) is 0 Å². The number of hydrogen-bond acceptors (Lipinski definition) is 2. The molecule has 0 aliphatic heterocycles. The van der Waals surface area contributed by atoms with Crippen LogP contribution < -0.4 is 9.80 Å². The van der Waals surface area contributed by atoms with Crippen molar-refractivity contribution in [3.05, 3.63) is 314 Å². The van der Waals surface area contributed by atoms with E-state index in [2.05, 4.69) is 327 Å². The van der Waals surface area contributed by atoms with Crippen LogP contribution in [-0.4, -0.2) is 0 Å². The molecule has 0 saturated heterocycles. The summed E-state index contributed by atoms with van der Waals surface area (Å²) in [5.74, 6) is 0. The second-order valence-electron chi connectivity index (χ2n) is 20.5. The number of rotatable bonds is 12. The minimum atomic E-state index is -0.220. The summed E-state index contributed by atoms with van der Waals surface area (Å²) in [5.41, 5.74) is 25.9. The van der Waals surface area contributed by atoms with Gasteiger partial charge in [-0.15, -0.1) is 0 Å². The van der Waals surface area contributed by atoms with Crippen LogP contribution >= 0.6 is 0 Å².